The van der Waals surface area contributed by atoms with Crippen LogP contribution in [-0.4, -0.2) is 24.0 Å². The summed E-state index contributed by atoms with van der Waals surface area (Å²) < 4.78 is 1.18. The molecule has 0 spiro atoms. The molecular formula is C16H20ClN3OS. The van der Waals surface area contributed by atoms with Crippen molar-refractivity contribution in [2.75, 3.05) is 18.4 Å². The maximum absolute atomic E-state index is 12.3. The van der Waals surface area contributed by atoms with E-state index in [1.54, 1.807) is 11.3 Å². The van der Waals surface area contributed by atoms with E-state index >= 15 is 0 Å². The van der Waals surface area contributed by atoms with E-state index in [-0.39, 0.29) is 24.2 Å². The fraction of sp³-hybridized carbons (Fsp3) is 0.500. The van der Waals surface area contributed by atoms with Gasteiger partial charge in [0.15, 0.2) is 0 Å². The summed E-state index contributed by atoms with van der Waals surface area (Å²) in [6.45, 7) is 1.88. The van der Waals surface area contributed by atoms with Gasteiger partial charge >= 0.3 is 0 Å². The van der Waals surface area contributed by atoms with Gasteiger partial charge in [0.1, 0.15) is 0 Å². The largest absolute Gasteiger partial charge is 0.326 e. The van der Waals surface area contributed by atoms with Crippen molar-refractivity contribution in [1.29, 1.82) is 0 Å². The monoisotopic (exact) mass is 337 g/mol. The lowest BCUT2D eigenvalue weighted by Crippen LogP contribution is -2.34. The number of nitrogens with zero attached hydrogens (tertiary/aromatic N) is 1. The van der Waals surface area contributed by atoms with Gasteiger partial charge < -0.3 is 10.6 Å². The zero-order chi connectivity index (χ0) is 14.2. The fourth-order valence-corrected chi connectivity index (χ4v) is 4.03. The average molecular weight is 338 g/mol. The molecular weight excluding hydrogens is 318 g/mol. The van der Waals surface area contributed by atoms with E-state index < -0.39 is 0 Å². The van der Waals surface area contributed by atoms with Crippen molar-refractivity contribution in [3.05, 3.63) is 23.2 Å². The smallest absolute Gasteiger partial charge is 0.227 e. The highest BCUT2D eigenvalue weighted by molar-refractivity contribution is 7.18. The normalized spacial score (nSPS) is 18.9. The highest BCUT2D eigenvalue weighted by Gasteiger charge is 2.27. The molecule has 1 saturated carbocycles. The zero-order valence-electron chi connectivity index (χ0n) is 12.3. The lowest BCUT2D eigenvalue weighted by atomic mass is 9.97. The molecule has 2 aliphatic rings. The molecule has 0 atom stereocenters. The number of aromatic nitrogens is 1. The van der Waals surface area contributed by atoms with Gasteiger partial charge in [-0.2, -0.15) is 0 Å². The Bertz CT molecular complexity index is 677. The van der Waals surface area contributed by atoms with Crippen molar-refractivity contribution < 1.29 is 4.79 Å². The van der Waals surface area contributed by atoms with E-state index in [9.17, 15) is 4.79 Å². The molecule has 22 heavy (non-hydrogen) atoms. The van der Waals surface area contributed by atoms with Gasteiger partial charge in [0.25, 0.3) is 0 Å². The van der Waals surface area contributed by atoms with Crippen molar-refractivity contribution >= 4 is 45.6 Å². The average Bonchev–Trinajstić information content (AvgIpc) is 3.28. The predicted molar refractivity (Wildman–Crippen MR) is 93.1 cm³/mol. The van der Waals surface area contributed by atoms with Crippen LogP contribution in [0.1, 0.15) is 36.6 Å². The summed E-state index contributed by atoms with van der Waals surface area (Å²) >= 11 is 1.77. The van der Waals surface area contributed by atoms with Crippen molar-refractivity contribution in [3.8, 4) is 0 Å². The Labute approximate surface area is 140 Å². The maximum atomic E-state index is 12.3. The molecule has 1 aromatic heterocycles. The number of hydrogen-bond donors (Lipinski definition) is 2. The molecule has 118 valence electrons. The molecule has 0 unspecified atom stereocenters. The number of nitrogens with one attached hydrogen (secondary N) is 2. The molecule has 1 aromatic carbocycles. The number of carbonyl (C=O) groups is 1. The van der Waals surface area contributed by atoms with E-state index in [0.29, 0.717) is 5.92 Å². The Morgan fingerprint density at radius 2 is 2.00 bits per heavy atom. The number of carbonyl (C=O) groups excluding carboxylic acids is 1. The molecule has 6 heteroatoms. The topological polar surface area (TPSA) is 54.0 Å². The van der Waals surface area contributed by atoms with E-state index in [4.69, 9.17) is 0 Å². The van der Waals surface area contributed by atoms with Gasteiger partial charge in [-0.05, 0) is 57.0 Å². The van der Waals surface area contributed by atoms with Crippen LogP contribution in [0.5, 0.6) is 0 Å². The quantitative estimate of drug-likeness (QED) is 0.900. The number of thiazole rings is 1. The first-order valence-corrected chi connectivity index (χ1v) is 8.53. The van der Waals surface area contributed by atoms with Crippen LogP contribution >= 0.6 is 23.7 Å². The van der Waals surface area contributed by atoms with Crippen LogP contribution in [0.25, 0.3) is 10.2 Å². The van der Waals surface area contributed by atoms with E-state index in [1.165, 1.54) is 22.5 Å². The van der Waals surface area contributed by atoms with Gasteiger partial charge in [-0.25, -0.2) is 4.98 Å². The first-order valence-electron chi connectivity index (χ1n) is 7.72. The second-order valence-corrected chi connectivity index (χ2v) is 7.08. The Kier molecular flexibility index (Phi) is 4.66. The Morgan fingerprint density at radius 1 is 1.23 bits per heavy atom. The van der Waals surface area contributed by atoms with E-state index in [2.05, 4.69) is 21.7 Å². The molecule has 1 aliphatic heterocycles. The number of amides is 1. The summed E-state index contributed by atoms with van der Waals surface area (Å²) in [6.07, 6.45) is 4.42. The van der Waals surface area contributed by atoms with Gasteiger partial charge in [0.05, 0.1) is 15.2 Å². The molecule has 1 amide bonds. The van der Waals surface area contributed by atoms with Gasteiger partial charge in [-0.3, -0.25) is 4.79 Å². The number of rotatable bonds is 3. The summed E-state index contributed by atoms with van der Waals surface area (Å²) in [4.78, 5) is 17.0. The molecule has 2 aromatic rings. The lowest BCUT2D eigenvalue weighted by Gasteiger charge is -2.21. The molecule has 0 bridgehead atoms. The molecule has 2 N–H and O–H groups in total. The van der Waals surface area contributed by atoms with Gasteiger partial charge in [0.2, 0.25) is 5.91 Å². The van der Waals surface area contributed by atoms with Crippen LogP contribution in [0, 0.1) is 5.92 Å². The maximum Gasteiger partial charge on any atom is 0.227 e. The number of hydrogen-bond acceptors (Lipinski definition) is 4. The third kappa shape index (κ3) is 3.26. The van der Waals surface area contributed by atoms with Crippen LogP contribution in [0.2, 0.25) is 0 Å². The summed E-state index contributed by atoms with van der Waals surface area (Å²) in [6, 6.07) is 6.06. The predicted octanol–water partition coefficient (Wildman–Crippen LogP) is 3.53. The van der Waals surface area contributed by atoms with Crippen LogP contribution in [0.15, 0.2) is 18.2 Å². The van der Waals surface area contributed by atoms with E-state index in [1.807, 2.05) is 12.1 Å². The summed E-state index contributed by atoms with van der Waals surface area (Å²) in [7, 11) is 0. The van der Waals surface area contributed by atoms with Gasteiger partial charge in [0, 0.05) is 17.5 Å². The third-order valence-electron chi connectivity index (χ3n) is 4.31. The summed E-state index contributed by atoms with van der Waals surface area (Å²) in [5, 5.41) is 7.62. The third-order valence-corrected chi connectivity index (χ3v) is 5.49. The zero-order valence-corrected chi connectivity index (χ0v) is 13.9. The van der Waals surface area contributed by atoms with Gasteiger partial charge in [-0.15, -0.1) is 23.7 Å². The second-order valence-electron chi connectivity index (χ2n) is 6.02. The van der Waals surface area contributed by atoms with Crippen molar-refractivity contribution in [2.45, 2.75) is 31.6 Å². The number of fused-ring (bicyclic) bond motifs is 1. The van der Waals surface area contributed by atoms with Crippen LogP contribution in [0.3, 0.4) is 0 Å². The van der Waals surface area contributed by atoms with Crippen molar-refractivity contribution in [2.24, 2.45) is 5.92 Å². The van der Waals surface area contributed by atoms with E-state index in [0.717, 1.165) is 37.1 Å². The van der Waals surface area contributed by atoms with Crippen LogP contribution in [0.4, 0.5) is 5.69 Å². The first-order chi connectivity index (χ1) is 10.3. The van der Waals surface area contributed by atoms with Crippen LogP contribution in [-0.2, 0) is 4.79 Å². The highest BCUT2D eigenvalue weighted by Crippen LogP contribution is 2.43. The van der Waals surface area contributed by atoms with Crippen molar-refractivity contribution in [1.82, 2.24) is 10.3 Å². The van der Waals surface area contributed by atoms with Crippen molar-refractivity contribution in [3.63, 3.8) is 0 Å². The molecule has 4 rings (SSSR count). The SMILES string of the molecule is Cl.O=C(Nc1ccc2nc(C3CC3)sc2c1)C1CCNCC1. The first kappa shape index (κ1) is 15.7. The lowest BCUT2D eigenvalue weighted by molar-refractivity contribution is -0.120. The molecule has 0 radical (unpaired) electrons. The minimum atomic E-state index is 0. The number of anilines is 1. The minimum Gasteiger partial charge on any atom is -0.326 e. The number of piperidine rings is 1. The molecule has 1 saturated heterocycles. The molecule has 1 aliphatic carbocycles. The standard InChI is InChI=1S/C16H19N3OS.ClH/c20-15(10-5-7-17-8-6-10)18-12-3-4-13-14(9-12)21-16(19-13)11-1-2-11;/h3-4,9-11,17H,1-2,5-8H2,(H,18,20);1H. The molecule has 4 nitrogen and oxygen atoms in total. The summed E-state index contributed by atoms with van der Waals surface area (Å²) in [5.74, 6) is 0.989. The molecule has 2 fully saturated rings. The summed E-state index contributed by atoms with van der Waals surface area (Å²) in [5.41, 5.74) is 1.96. The Balaban J connectivity index is 0.00000144. The molecule has 2 heterocycles. The Hall–Kier alpha value is -1.17. The van der Waals surface area contributed by atoms with Gasteiger partial charge in [-0.1, -0.05) is 0 Å². The second kappa shape index (κ2) is 6.52. The minimum absolute atomic E-state index is 0. The highest BCUT2D eigenvalue weighted by atomic mass is 35.5. The number of halogens is 1. The fourth-order valence-electron chi connectivity index (χ4n) is 2.85. The number of benzene rings is 1. The van der Waals surface area contributed by atoms with Crippen LogP contribution < -0.4 is 10.6 Å². The Morgan fingerprint density at radius 3 is 2.73 bits per heavy atom.